The topological polar surface area (TPSA) is 94.7 Å². The highest BCUT2D eigenvalue weighted by molar-refractivity contribution is 6.31. The number of aromatic nitrogens is 5. The Labute approximate surface area is 177 Å². The third-order valence-electron chi connectivity index (χ3n) is 4.80. The molecule has 0 aliphatic heterocycles. The van der Waals surface area contributed by atoms with Crippen molar-refractivity contribution in [2.75, 3.05) is 5.32 Å². The fraction of sp³-hybridized carbons (Fsp3) is 0.190. The molecule has 0 aliphatic rings. The van der Waals surface area contributed by atoms with Gasteiger partial charge in [-0.15, -0.1) is 5.10 Å². The Morgan fingerprint density at radius 1 is 1.13 bits per heavy atom. The maximum Gasteiger partial charge on any atom is 0.283 e. The largest absolute Gasteiger partial charge is 0.324 e. The molecule has 0 saturated carbocycles. The van der Waals surface area contributed by atoms with E-state index in [-0.39, 0.29) is 18.0 Å². The van der Waals surface area contributed by atoms with Crippen LogP contribution in [-0.4, -0.2) is 30.5 Å². The average molecular weight is 423 g/mol. The lowest BCUT2D eigenvalue weighted by Gasteiger charge is -2.10. The molecule has 2 aromatic heterocycles. The number of carbonyl (C=O) groups excluding carboxylic acids is 1. The molecule has 9 heteroatoms. The first-order chi connectivity index (χ1) is 14.4. The highest BCUT2D eigenvalue weighted by Crippen LogP contribution is 2.22. The van der Waals surface area contributed by atoms with Crippen LogP contribution in [0.4, 0.5) is 5.69 Å². The molecule has 0 aliphatic carbocycles. The zero-order valence-electron chi connectivity index (χ0n) is 16.5. The number of nitrogens with zero attached hydrogens (tertiary/aromatic N) is 5. The number of rotatable bonds is 5. The zero-order valence-corrected chi connectivity index (χ0v) is 17.2. The molecule has 1 amide bonds. The van der Waals surface area contributed by atoms with E-state index in [1.807, 2.05) is 38.1 Å². The van der Waals surface area contributed by atoms with Gasteiger partial charge in [-0.2, -0.15) is 0 Å². The highest BCUT2D eigenvalue weighted by atomic mass is 35.5. The average Bonchev–Trinajstić information content (AvgIpc) is 3.13. The number of anilines is 1. The van der Waals surface area contributed by atoms with Crippen molar-refractivity contribution in [3.63, 3.8) is 0 Å². The Morgan fingerprint density at radius 3 is 2.67 bits per heavy atom. The van der Waals surface area contributed by atoms with E-state index in [9.17, 15) is 9.59 Å². The lowest BCUT2D eigenvalue weighted by molar-refractivity contribution is -0.116. The van der Waals surface area contributed by atoms with Gasteiger partial charge >= 0.3 is 0 Å². The standard InChI is InChI=1S/C21H19ClN6O2/c1-13-6-8-15(9-7-13)10-28-20-19(25-26-28)21(30)27(12-23-20)11-18(29)24-17-5-3-4-16(22)14(17)2/h3-9,12H,10-11H2,1-2H3,(H,24,29). The summed E-state index contributed by atoms with van der Waals surface area (Å²) in [5.41, 5.74) is 3.61. The van der Waals surface area contributed by atoms with Crippen molar-refractivity contribution in [3.8, 4) is 0 Å². The highest BCUT2D eigenvalue weighted by Gasteiger charge is 2.15. The monoisotopic (exact) mass is 422 g/mol. The number of amides is 1. The Kier molecular flexibility index (Phi) is 5.33. The normalized spacial score (nSPS) is 11.0. The number of benzene rings is 2. The molecule has 0 unspecified atom stereocenters. The van der Waals surface area contributed by atoms with Crippen LogP contribution in [0.5, 0.6) is 0 Å². The molecule has 0 spiro atoms. The molecule has 152 valence electrons. The van der Waals surface area contributed by atoms with Crippen molar-refractivity contribution in [2.45, 2.75) is 26.9 Å². The van der Waals surface area contributed by atoms with Gasteiger partial charge in [0.2, 0.25) is 5.91 Å². The fourth-order valence-corrected chi connectivity index (χ4v) is 3.23. The summed E-state index contributed by atoms with van der Waals surface area (Å²) in [6, 6.07) is 13.2. The number of nitrogens with one attached hydrogen (secondary N) is 1. The molecule has 30 heavy (non-hydrogen) atoms. The smallest absolute Gasteiger partial charge is 0.283 e. The second-order valence-electron chi connectivity index (χ2n) is 7.04. The lowest BCUT2D eigenvalue weighted by atomic mass is 10.1. The van der Waals surface area contributed by atoms with Crippen molar-refractivity contribution in [1.82, 2.24) is 24.5 Å². The minimum absolute atomic E-state index is 0.122. The molecule has 4 rings (SSSR count). The van der Waals surface area contributed by atoms with Crippen LogP contribution in [0.25, 0.3) is 11.2 Å². The molecule has 2 heterocycles. The number of carbonyl (C=O) groups is 1. The summed E-state index contributed by atoms with van der Waals surface area (Å²) in [5, 5.41) is 11.4. The second-order valence-corrected chi connectivity index (χ2v) is 7.45. The fourth-order valence-electron chi connectivity index (χ4n) is 3.06. The second kappa shape index (κ2) is 8.08. The van der Waals surface area contributed by atoms with Crippen LogP contribution < -0.4 is 10.9 Å². The predicted molar refractivity (Wildman–Crippen MR) is 115 cm³/mol. The molecule has 0 radical (unpaired) electrons. The van der Waals surface area contributed by atoms with Gasteiger partial charge in [0, 0.05) is 10.7 Å². The Bertz CT molecular complexity index is 1290. The summed E-state index contributed by atoms with van der Waals surface area (Å²) in [4.78, 5) is 29.5. The van der Waals surface area contributed by atoms with E-state index in [2.05, 4.69) is 20.6 Å². The maximum absolute atomic E-state index is 12.8. The van der Waals surface area contributed by atoms with Gasteiger partial charge in [-0.25, -0.2) is 9.67 Å². The Balaban J connectivity index is 1.55. The van der Waals surface area contributed by atoms with Gasteiger partial charge in [-0.05, 0) is 37.1 Å². The van der Waals surface area contributed by atoms with Crippen LogP contribution in [0.1, 0.15) is 16.7 Å². The van der Waals surface area contributed by atoms with E-state index in [0.717, 1.165) is 16.7 Å². The van der Waals surface area contributed by atoms with Gasteiger partial charge < -0.3 is 5.32 Å². The quantitative estimate of drug-likeness (QED) is 0.533. The van der Waals surface area contributed by atoms with Crippen LogP contribution in [0.3, 0.4) is 0 Å². The van der Waals surface area contributed by atoms with E-state index in [0.29, 0.717) is 22.9 Å². The molecule has 2 aromatic carbocycles. The minimum atomic E-state index is -0.423. The van der Waals surface area contributed by atoms with Gasteiger partial charge in [-0.3, -0.25) is 14.2 Å². The van der Waals surface area contributed by atoms with Gasteiger partial charge in [0.05, 0.1) is 6.54 Å². The maximum atomic E-state index is 12.8. The molecule has 4 aromatic rings. The number of hydrogen-bond acceptors (Lipinski definition) is 5. The van der Waals surface area contributed by atoms with Gasteiger partial charge in [0.15, 0.2) is 11.2 Å². The third-order valence-corrected chi connectivity index (χ3v) is 5.21. The van der Waals surface area contributed by atoms with E-state index >= 15 is 0 Å². The lowest BCUT2D eigenvalue weighted by Crippen LogP contribution is -2.28. The first-order valence-electron chi connectivity index (χ1n) is 9.31. The summed E-state index contributed by atoms with van der Waals surface area (Å²) < 4.78 is 2.78. The molecule has 0 atom stereocenters. The van der Waals surface area contributed by atoms with Gasteiger partial charge in [-0.1, -0.05) is 52.7 Å². The molecule has 0 fully saturated rings. The van der Waals surface area contributed by atoms with Crippen LogP contribution in [0.15, 0.2) is 53.6 Å². The Hall–Kier alpha value is -3.52. The van der Waals surface area contributed by atoms with E-state index in [1.165, 1.54) is 10.9 Å². The number of hydrogen-bond donors (Lipinski definition) is 1. The van der Waals surface area contributed by atoms with Crippen LogP contribution >= 0.6 is 11.6 Å². The number of aryl methyl sites for hydroxylation is 1. The predicted octanol–water partition coefficient (Wildman–Crippen LogP) is 2.95. The van der Waals surface area contributed by atoms with Crippen molar-refractivity contribution in [1.29, 1.82) is 0 Å². The zero-order chi connectivity index (χ0) is 21.3. The van der Waals surface area contributed by atoms with Crippen LogP contribution in [0, 0.1) is 13.8 Å². The van der Waals surface area contributed by atoms with Crippen molar-refractivity contribution in [2.24, 2.45) is 0 Å². The number of halogens is 1. The van der Waals surface area contributed by atoms with Crippen molar-refractivity contribution >= 4 is 34.4 Å². The summed E-state index contributed by atoms with van der Waals surface area (Å²) in [6.07, 6.45) is 1.34. The molecule has 0 bridgehead atoms. The van der Waals surface area contributed by atoms with Crippen LogP contribution in [-0.2, 0) is 17.9 Å². The van der Waals surface area contributed by atoms with Crippen molar-refractivity contribution in [3.05, 3.63) is 80.9 Å². The SMILES string of the molecule is Cc1ccc(Cn2nnc3c(=O)n(CC(=O)Nc4cccc(Cl)c4C)cnc32)cc1. The van der Waals surface area contributed by atoms with Crippen LogP contribution in [0.2, 0.25) is 5.02 Å². The molecule has 1 N–H and O–H groups in total. The van der Waals surface area contributed by atoms with E-state index in [4.69, 9.17) is 11.6 Å². The van der Waals surface area contributed by atoms with Gasteiger partial charge in [0.1, 0.15) is 12.9 Å². The molecule has 0 saturated heterocycles. The molecule has 8 nitrogen and oxygen atoms in total. The first-order valence-corrected chi connectivity index (χ1v) is 9.69. The number of fused-ring (bicyclic) bond motifs is 1. The summed E-state index contributed by atoms with van der Waals surface area (Å²) >= 11 is 6.08. The summed E-state index contributed by atoms with van der Waals surface area (Å²) in [5.74, 6) is -0.365. The summed E-state index contributed by atoms with van der Waals surface area (Å²) in [7, 11) is 0. The minimum Gasteiger partial charge on any atom is -0.324 e. The Morgan fingerprint density at radius 2 is 1.90 bits per heavy atom. The molecular weight excluding hydrogens is 404 g/mol. The van der Waals surface area contributed by atoms with E-state index < -0.39 is 5.56 Å². The summed E-state index contributed by atoms with van der Waals surface area (Å²) in [6.45, 7) is 4.08. The van der Waals surface area contributed by atoms with E-state index in [1.54, 1.807) is 22.9 Å². The van der Waals surface area contributed by atoms with Gasteiger partial charge in [0.25, 0.3) is 5.56 Å². The third kappa shape index (κ3) is 3.95. The van der Waals surface area contributed by atoms with Crippen molar-refractivity contribution < 1.29 is 4.79 Å². The molecular formula is C21H19ClN6O2. The first kappa shape index (κ1) is 19.8.